The SMILES string of the molecule is CNCCN(C)C(=O)c1cc2c(cc1[N+](=O)[O-])OCCO2. The lowest BCUT2D eigenvalue weighted by Gasteiger charge is -2.21. The molecule has 1 heterocycles. The Kier molecular flexibility index (Phi) is 4.59. The number of carbonyl (C=O) groups is 1. The topological polar surface area (TPSA) is 93.9 Å². The van der Waals surface area contributed by atoms with E-state index in [1.54, 1.807) is 14.1 Å². The molecule has 2 rings (SSSR count). The average molecular weight is 295 g/mol. The van der Waals surface area contributed by atoms with Gasteiger partial charge in [0.25, 0.3) is 11.6 Å². The van der Waals surface area contributed by atoms with E-state index in [4.69, 9.17) is 9.47 Å². The molecule has 1 N–H and O–H groups in total. The number of ether oxygens (including phenoxy) is 2. The lowest BCUT2D eigenvalue weighted by Crippen LogP contribution is -2.33. The fraction of sp³-hybridized carbons (Fsp3) is 0.462. The van der Waals surface area contributed by atoms with Crippen LogP contribution in [0.25, 0.3) is 0 Å². The Morgan fingerprint density at radius 1 is 1.38 bits per heavy atom. The van der Waals surface area contributed by atoms with E-state index >= 15 is 0 Å². The minimum absolute atomic E-state index is 0.00264. The minimum Gasteiger partial charge on any atom is -0.486 e. The lowest BCUT2D eigenvalue weighted by atomic mass is 10.1. The molecule has 0 aliphatic carbocycles. The molecule has 1 aliphatic rings. The van der Waals surface area contributed by atoms with Gasteiger partial charge < -0.3 is 19.7 Å². The highest BCUT2D eigenvalue weighted by Crippen LogP contribution is 2.36. The van der Waals surface area contributed by atoms with Gasteiger partial charge in [0.15, 0.2) is 11.5 Å². The van der Waals surface area contributed by atoms with Crippen molar-refractivity contribution in [1.29, 1.82) is 0 Å². The largest absolute Gasteiger partial charge is 0.486 e. The van der Waals surface area contributed by atoms with Crippen molar-refractivity contribution < 1.29 is 19.2 Å². The van der Waals surface area contributed by atoms with E-state index in [0.29, 0.717) is 37.8 Å². The van der Waals surface area contributed by atoms with Gasteiger partial charge in [-0.15, -0.1) is 0 Å². The van der Waals surface area contributed by atoms with Crippen LogP contribution in [-0.2, 0) is 0 Å². The van der Waals surface area contributed by atoms with Gasteiger partial charge in [-0.25, -0.2) is 0 Å². The molecule has 0 fully saturated rings. The van der Waals surface area contributed by atoms with Gasteiger partial charge in [0.1, 0.15) is 18.8 Å². The number of benzene rings is 1. The third kappa shape index (κ3) is 3.22. The van der Waals surface area contributed by atoms with E-state index in [0.717, 1.165) is 0 Å². The first kappa shape index (κ1) is 15.0. The van der Waals surface area contributed by atoms with Crippen LogP contribution in [-0.4, -0.2) is 56.1 Å². The summed E-state index contributed by atoms with van der Waals surface area (Å²) in [6, 6.07) is 2.62. The Labute approximate surface area is 121 Å². The van der Waals surface area contributed by atoms with Crippen LogP contribution in [0.15, 0.2) is 12.1 Å². The number of likely N-dealkylation sites (N-methyl/N-ethyl adjacent to an activating group) is 2. The average Bonchev–Trinajstić information content (AvgIpc) is 2.50. The molecule has 8 nitrogen and oxygen atoms in total. The van der Waals surface area contributed by atoms with Crippen molar-refractivity contribution in [2.75, 3.05) is 40.4 Å². The maximum absolute atomic E-state index is 12.4. The molecule has 8 heteroatoms. The van der Waals surface area contributed by atoms with E-state index in [2.05, 4.69) is 5.32 Å². The van der Waals surface area contributed by atoms with Crippen LogP contribution < -0.4 is 14.8 Å². The van der Waals surface area contributed by atoms with Gasteiger partial charge in [-0.1, -0.05) is 0 Å². The van der Waals surface area contributed by atoms with Crippen LogP contribution in [0, 0.1) is 10.1 Å². The summed E-state index contributed by atoms with van der Waals surface area (Å²) in [5.41, 5.74) is -0.275. The summed E-state index contributed by atoms with van der Waals surface area (Å²) in [7, 11) is 3.37. The van der Waals surface area contributed by atoms with Gasteiger partial charge in [-0.3, -0.25) is 14.9 Å². The fourth-order valence-corrected chi connectivity index (χ4v) is 1.99. The number of carbonyl (C=O) groups excluding carboxylic acids is 1. The van der Waals surface area contributed by atoms with Crippen LogP contribution in [0.2, 0.25) is 0 Å². The number of nitrogens with zero attached hydrogens (tertiary/aromatic N) is 2. The molecule has 0 spiro atoms. The predicted octanol–water partition coefficient (Wildman–Crippen LogP) is 0.657. The molecular weight excluding hydrogens is 278 g/mol. The molecule has 1 aromatic carbocycles. The maximum Gasteiger partial charge on any atom is 0.286 e. The highest BCUT2D eigenvalue weighted by molar-refractivity contribution is 5.99. The van der Waals surface area contributed by atoms with E-state index in [1.807, 2.05) is 0 Å². The number of nitrogens with one attached hydrogen (secondary N) is 1. The van der Waals surface area contributed by atoms with Crippen molar-refractivity contribution >= 4 is 11.6 Å². The highest BCUT2D eigenvalue weighted by Gasteiger charge is 2.27. The summed E-state index contributed by atoms with van der Waals surface area (Å²) in [5, 5.41) is 14.1. The van der Waals surface area contributed by atoms with Crippen molar-refractivity contribution in [2.24, 2.45) is 0 Å². The Hall–Kier alpha value is -2.35. The normalized spacial score (nSPS) is 12.9. The van der Waals surface area contributed by atoms with Crippen molar-refractivity contribution in [3.63, 3.8) is 0 Å². The van der Waals surface area contributed by atoms with Crippen LogP contribution in [0.1, 0.15) is 10.4 Å². The Morgan fingerprint density at radius 2 is 2.00 bits per heavy atom. The highest BCUT2D eigenvalue weighted by atomic mass is 16.6. The van der Waals surface area contributed by atoms with Gasteiger partial charge in [0.2, 0.25) is 0 Å². The molecule has 114 valence electrons. The number of fused-ring (bicyclic) bond motifs is 1. The molecule has 0 atom stereocenters. The first-order valence-electron chi connectivity index (χ1n) is 6.52. The molecule has 1 aliphatic heterocycles. The van der Waals surface area contributed by atoms with E-state index in [-0.39, 0.29) is 11.3 Å². The zero-order valence-corrected chi connectivity index (χ0v) is 11.9. The molecule has 0 bridgehead atoms. The van der Waals surface area contributed by atoms with E-state index in [9.17, 15) is 14.9 Å². The summed E-state index contributed by atoms with van der Waals surface area (Å²) in [6.45, 7) is 1.73. The quantitative estimate of drug-likeness (QED) is 0.633. The van der Waals surface area contributed by atoms with Crippen LogP contribution >= 0.6 is 0 Å². The predicted molar refractivity (Wildman–Crippen MR) is 75.0 cm³/mol. The zero-order valence-electron chi connectivity index (χ0n) is 11.9. The van der Waals surface area contributed by atoms with Gasteiger partial charge in [0, 0.05) is 26.2 Å². The molecule has 0 radical (unpaired) electrons. The van der Waals surface area contributed by atoms with Gasteiger partial charge in [-0.05, 0) is 7.05 Å². The molecule has 0 saturated carbocycles. The Balaban J connectivity index is 2.36. The molecule has 0 saturated heterocycles. The number of hydrogen-bond donors (Lipinski definition) is 1. The number of nitro groups is 1. The van der Waals surface area contributed by atoms with Crippen LogP contribution in [0.3, 0.4) is 0 Å². The second-order valence-corrected chi connectivity index (χ2v) is 4.60. The number of amides is 1. The summed E-state index contributed by atoms with van der Waals surface area (Å²) < 4.78 is 10.7. The van der Waals surface area contributed by atoms with Gasteiger partial charge in [-0.2, -0.15) is 0 Å². The Bertz CT molecular complexity index is 561. The maximum atomic E-state index is 12.4. The van der Waals surface area contributed by atoms with Gasteiger partial charge in [0.05, 0.1) is 11.0 Å². The van der Waals surface area contributed by atoms with Crippen LogP contribution in [0.5, 0.6) is 11.5 Å². The lowest BCUT2D eigenvalue weighted by molar-refractivity contribution is -0.385. The van der Waals surface area contributed by atoms with Crippen molar-refractivity contribution in [2.45, 2.75) is 0 Å². The molecule has 1 amide bonds. The van der Waals surface area contributed by atoms with Crippen molar-refractivity contribution in [3.8, 4) is 11.5 Å². The minimum atomic E-state index is -0.586. The zero-order chi connectivity index (χ0) is 15.4. The van der Waals surface area contributed by atoms with E-state index in [1.165, 1.54) is 17.0 Å². The number of rotatable bonds is 5. The summed E-state index contributed by atoms with van der Waals surface area (Å²) >= 11 is 0. The van der Waals surface area contributed by atoms with Gasteiger partial charge >= 0.3 is 0 Å². The first-order chi connectivity index (χ1) is 10.0. The fourth-order valence-electron chi connectivity index (χ4n) is 1.99. The summed E-state index contributed by atoms with van der Waals surface area (Å²) in [6.07, 6.45) is 0. The smallest absolute Gasteiger partial charge is 0.286 e. The molecule has 21 heavy (non-hydrogen) atoms. The van der Waals surface area contributed by atoms with E-state index < -0.39 is 10.8 Å². The molecular formula is C13H17N3O5. The number of nitro benzene ring substituents is 1. The monoisotopic (exact) mass is 295 g/mol. The van der Waals surface area contributed by atoms with Crippen molar-refractivity contribution in [1.82, 2.24) is 10.2 Å². The second-order valence-electron chi connectivity index (χ2n) is 4.60. The first-order valence-corrected chi connectivity index (χ1v) is 6.52. The third-order valence-electron chi connectivity index (χ3n) is 3.13. The second kappa shape index (κ2) is 6.40. The molecule has 0 unspecified atom stereocenters. The Morgan fingerprint density at radius 3 is 2.57 bits per heavy atom. The number of hydrogen-bond acceptors (Lipinski definition) is 6. The molecule has 1 aromatic rings. The van der Waals surface area contributed by atoms with Crippen molar-refractivity contribution in [3.05, 3.63) is 27.8 Å². The van der Waals surface area contributed by atoms with Crippen LogP contribution in [0.4, 0.5) is 5.69 Å². The summed E-state index contributed by atoms with van der Waals surface area (Å²) in [5.74, 6) is 0.230. The standard InChI is InChI=1S/C13H17N3O5/c1-14-3-4-15(2)13(17)9-7-11-12(21-6-5-20-11)8-10(9)16(18)19/h7-8,14H,3-6H2,1-2H3. The molecule has 0 aromatic heterocycles. The summed E-state index contributed by atoms with van der Waals surface area (Å²) in [4.78, 5) is 24.4. The third-order valence-corrected chi connectivity index (χ3v) is 3.13.